The van der Waals surface area contributed by atoms with E-state index in [1.807, 2.05) is 39.0 Å². The number of hydrogen-bond donors (Lipinski definition) is 2. The molecule has 0 heterocycles. The molecule has 0 bridgehead atoms. The first-order chi connectivity index (χ1) is 11.1. The standard InChI is InChI=1S/C19H25BrN2O2/c1-11(2)8-14-17(19(14,4)5)18(24)21-10-16(23)22-15-7-6-13(20)9-12(15)3/h6-9,14,17H,10H2,1-5H3,(H,21,24)(H,22,23)/t14-,17+/m1/s1. The molecule has 24 heavy (non-hydrogen) atoms. The summed E-state index contributed by atoms with van der Waals surface area (Å²) in [4.78, 5) is 24.4. The second-order valence-electron chi connectivity index (χ2n) is 7.29. The molecule has 2 atom stereocenters. The maximum absolute atomic E-state index is 12.4. The Kier molecular flexibility index (Phi) is 5.53. The summed E-state index contributed by atoms with van der Waals surface area (Å²) >= 11 is 3.39. The van der Waals surface area contributed by atoms with Gasteiger partial charge in [-0.25, -0.2) is 0 Å². The molecule has 0 aliphatic heterocycles. The Morgan fingerprint density at radius 2 is 1.96 bits per heavy atom. The van der Waals surface area contributed by atoms with Gasteiger partial charge in [-0.2, -0.15) is 0 Å². The van der Waals surface area contributed by atoms with E-state index in [1.165, 1.54) is 5.57 Å². The molecule has 0 saturated heterocycles. The van der Waals surface area contributed by atoms with E-state index in [9.17, 15) is 9.59 Å². The summed E-state index contributed by atoms with van der Waals surface area (Å²) in [5.74, 6) is -0.0786. The molecule has 0 aromatic heterocycles. The van der Waals surface area contributed by atoms with Crippen molar-refractivity contribution >= 4 is 33.4 Å². The molecule has 2 rings (SSSR count). The van der Waals surface area contributed by atoms with Gasteiger partial charge in [0.25, 0.3) is 0 Å². The van der Waals surface area contributed by atoms with E-state index in [2.05, 4.69) is 46.5 Å². The molecule has 130 valence electrons. The number of carbonyl (C=O) groups excluding carboxylic acids is 2. The Hall–Kier alpha value is -1.62. The van der Waals surface area contributed by atoms with Crippen LogP contribution in [0.25, 0.3) is 0 Å². The summed E-state index contributed by atoms with van der Waals surface area (Å²) in [6.45, 7) is 10.2. The quantitative estimate of drug-likeness (QED) is 0.742. The van der Waals surface area contributed by atoms with Gasteiger partial charge in [0.15, 0.2) is 0 Å². The van der Waals surface area contributed by atoms with E-state index >= 15 is 0 Å². The normalized spacial score (nSPS) is 20.9. The first-order valence-electron chi connectivity index (χ1n) is 8.11. The largest absolute Gasteiger partial charge is 0.347 e. The number of allylic oxidation sites excluding steroid dienone is 2. The Balaban J connectivity index is 1.88. The first kappa shape index (κ1) is 18.7. The minimum absolute atomic E-state index is 0.0114. The molecular formula is C19H25BrN2O2. The molecule has 1 aliphatic rings. The maximum Gasteiger partial charge on any atom is 0.243 e. The van der Waals surface area contributed by atoms with Crippen LogP contribution in [0.2, 0.25) is 0 Å². The van der Waals surface area contributed by atoms with Crippen molar-refractivity contribution in [1.29, 1.82) is 0 Å². The highest BCUT2D eigenvalue weighted by atomic mass is 79.9. The fourth-order valence-electron chi connectivity index (χ4n) is 3.09. The van der Waals surface area contributed by atoms with Gasteiger partial charge in [0.05, 0.1) is 12.5 Å². The summed E-state index contributed by atoms with van der Waals surface area (Å²) in [6.07, 6.45) is 2.15. The van der Waals surface area contributed by atoms with Crippen LogP contribution in [-0.2, 0) is 9.59 Å². The number of aryl methyl sites for hydroxylation is 1. The number of hydrogen-bond acceptors (Lipinski definition) is 2. The summed E-state index contributed by atoms with van der Waals surface area (Å²) in [6, 6.07) is 5.65. The third-order valence-corrected chi connectivity index (χ3v) is 5.09. The second-order valence-corrected chi connectivity index (χ2v) is 8.21. The average molecular weight is 393 g/mol. The van der Waals surface area contributed by atoms with Crippen molar-refractivity contribution in [1.82, 2.24) is 5.32 Å². The molecule has 5 heteroatoms. The predicted octanol–water partition coefficient (Wildman–Crippen LogP) is 4.05. The molecule has 1 saturated carbocycles. The number of carbonyl (C=O) groups is 2. The minimum atomic E-state index is -0.217. The van der Waals surface area contributed by atoms with Crippen molar-refractivity contribution in [3.63, 3.8) is 0 Å². The Morgan fingerprint density at radius 1 is 1.29 bits per heavy atom. The van der Waals surface area contributed by atoms with Gasteiger partial charge in [-0.3, -0.25) is 9.59 Å². The molecule has 1 aromatic rings. The van der Waals surface area contributed by atoms with Crippen LogP contribution in [0.4, 0.5) is 5.69 Å². The summed E-state index contributed by atoms with van der Waals surface area (Å²) in [5, 5.41) is 5.59. The zero-order valence-corrected chi connectivity index (χ0v) is 16.5. The lowest BCUT2D eigenvalue weighted by atomic mass is 10.1. The molecule has 1 aromatic carbocycles. The van der Waals surface area contributed by atoms with Gasteiger partial charge >= 0.3 is 0 Å². The average Bonchev–Trinajstić information content (AvgIpc) is 2.99. The first-order valence-corrected chi connectivity index (χ1v) is 8.91. The molecule has 1 fully saturated rings. The van der Waals surface area contributed by atoms with Crippen LogP contribution < -0.4 is 10.6 Å². The Labute approximate surface area is 152 Å². The zero-order valence-electron chi connectivity index (χ0n) is 14.9. The summed E-state index contributed by atoms with van der Waals surface area (Å²) < 4.78 is 0.965. The van der Waals surface area contributed by atoms with Crippen LogP contribution >= 0.6 is 15.9 Å². The van der Waals surface area contributed by atoms with Crippen molar-refractivity contribution in [2.24, 2.45) is 17.3 Å². The SMILES string of the molecule is CC(C)=C[C@@H]1[C@@H](C(=O)NCC(=O)Nc2ccc(Br)cc2C)C1(C)C. The van der Waals surface area contributed by atoms with Gasteiger partial charge in [0, 0.05) is 10.2 Å². The monoisotopic (exact) mass is 392 g/mol. The smallest absolute Gasteiger partial charge is 0.243 e. The highest BCUT2D eigenvalue weighted by molar-refractivity contribution is 9.10. The highest BCUT2D eigenvalue weighted by Crippen LogP contribution is 2.59. The predicted molar refractivity (Wildman–Crippen MR) is 101 cm³/mol. The van der Waals surface area contributed by atoms with Crippen LogP contribution in [0.1, 0.15) is 33.3 Å². The third kappa shape index (κ3) is 4.26. The van der Waals surface area contributed by atoms with Crippen molar-refractivity contribution < 1.29 is 9.59 Å². The summed E-state index contributed by atoms with van der Waals surface area (Å²) in [5.41, 5.74) is 2.90. The van der Waals surface area contributed by atoms with Crippen molar-refractivity contribution in [2.75, 3.05) is 11.9 Å². The van der Waals surface area contributed by atoms with Gasteiger partial charge in [-0.05, 0) is 55.9 Å². The molecule has 2 N–H and O–H groups in total. The lowest BCUT2D eigenvalue weighted by Gasteiger charge is -2.10. The van der Waals surface area contributed by atoms with Gasteiger partial charge < -0.3 is 10.6 Å². The number of rotatable bonds is 5. The van der Waals surface area contributed by atoms with Crippen LogP contribution in [0, 0.1) is 24.2 Å². The fraction of sp³-hybridized carbons (Fsp3) is 0.474. The Morgan fingerprint density at radius 3 is 2.54 bits per heavy atom. The number of anilines is 1. The summed E-state index contributed by atoms with van der Waals surface area (Å²) in [7, 11) is 0. The molecular weight excluding hydrogens is 368 g/mol. The lowest BCUT2D eigenvalue weighted by Crippen LogP contribution is -2.34. The number of amides is 2. The van der Waals surface area contributed by atoms with Gasteiger partial charge in [-0.1, -0.05) is 41.4 Å². The van der Waals surface area contributed by atoms with Gasteiger partial charge in [-0.15, -0.1) is 0 Å². The maximum atomic E-state index is 12.4. The van der Waals surface area contributed by atoms with Crippen molar-refractivity contribution in [3.8, 4) is 0 Å². The Bertz CT molecular complexity index is 691. The molecule has 0 unspecified atom stereocenters. The van der Waals surface area contributed by atoms with E-state index < -0.39 is 0 Å². The van der Waals surface area contributed by atoms with Crippen LogP contribution in [0.15, 0.2) is 34.3 Å². The van der Waals surface area contributed by atoms with Crippen LogP contribution in [-0.4, -0.2) is 18.4 Å². The highest BCUT2D eigenvalue weighted by Gasteiger charge is 2.60. The minimum Gasteiger partial charge on any atom is -0.347 e. The van der Waals surface area contributed by atoms with E-state index in [0.29, 0.717) is 0 Å². The fourth-order valence-corrected chi connectivity index (χ4v) is 3.56. The van der Waals surface area contributed by atoms with Gasteiger partial charge in [0.2, 0.25) is 11.8 Å². The molecule has 2 amide bonds. The second kappa shape index (κ2) is 7.09. The van der Waals surface area contributed by atoms with Crippen LogP contribution in [0.3, 0.4) is 0 Å². The van der Waals surface area contributed by atoms with E-state index in [-0.39, 0.29) is 35.6 Å². The zero-order chi connectivity index (χ0) is 18.1. The molecule has 1 aliphatic carbocycles. The van der Waals surface area contributed by atoms with Crippen molar-refractivity contribution in [3.05, 3.63) is 39.9 Å². The third-order valence-electron chi connectivity index (χ3n) is 4.59. The van der Waals surface area contributed by atoms with Gasteiger partial charge in [0.1, 0.15) is 0 Å². The lowest BCUT2D eigenvalue weighted by molar-refractivity contribution is -0.125. The topological polar surface area (TPSA) is 58.2 Å². The molecule has 4 nitrogen and oxygen atoms in total. The number of halogens is 1. The van der Waals surface area contributed by atoms with Crippen molar-refractivity contribution in [2.45, 2.75) is 34.6 Å². The van der Waals surface area contributed by atoms with Crippen LogP contribution in [0.5, 0.6) is 0 Å². The number of benzene rings is 1. The molecule has 0 spiro atoms. The van der Waals surface area contributed by atoms with E-state index in [0.717, 1.165) is 15.7 Å². The molecule has 0 radical (unpaired) electrons. The van der Waals surface area contributed by atoms with E-state index in [4.69, 9.17) is 0 Å². The number of nitrogens with one attached hydrogen (secondary N) is 2. The van der Waals surface area contributed by atoms with E-state index in [1.54, 1.807) is 0 Å².